The molecule has 1 rings (SSSR count). The van der Waals surface area contributed by atoms with Crippen LogP contribution in [0.5, 0.6) is 0 Å². The summed E-state index contributed by atoms with van der Waals surface area (Å²) in [4.78, 5) is 13.6. The first-order chi connectivity index (χ1) is 5.65. The molecule has 1 aromatic heterocycles. The summed E-state index contributed by atoms with van der Waals surface area (Å²) in [5, 5.41) is 13.1. The highest BCUT2D eigenvalue weighted by molar-refractivity contribution is 5.57. The zero-order valence-corrected chi connectivity index (χ0v) is 6.87. The molecule has 1 N–H and O–H groups in total. The number of aryl methyl sites for hydroxylation is 1. The van der Waals surface area contributed by atoms with Crippen molar-refractivity contribution in [3.05, 3.63) is 27.9 Å². The second-order valence-corrected chi connectivity index (χ2v) is 2.39. The SMILES string of the molecule is CNc1cc(C)cnc1[N+](=O)[O-]. The van der Waals surface area contributed by atoms with Gasteiger partial charge in [-0.3, -0.25) is 0 Å². The van der Waals surface area contributed by atoms with E-state index < -0.39 is 4.92 Å². The molecule has 0 unspecified atom stereocenters. The number of rotatable bonds is 2. The van der Waals surface area contributed by atoms with Gasteiger partial charge in [-0.1, -0.05) is 0 Å². The molecule has 0 radical (unpaired) electrons. The summed E-state index contributed by atoms with van der Waals surface area (Å²) in [6.07, 6.45) is 1.47. The Kier molecular flexibility index (Phi) is 2.23. The molecule has 1 heterocycles. The molecule has 5 nitrogen and oxygen atoms in total. The summed E-state index contributed by atoms with van der Waals surface area (Å²) >= 11 is 0. The second kappa shape index (κ2) is 3.17. The van der Waals surface area contributed by atoms with E-state index in [0.717, 1.165) is 5.56 Å². The van der Waals surface area contributed by atoms with Crippen molar-refractivity contribution in [2.24, 2.45) is 0 Å². The predicted molar refractivity (Wildman–Crippen MR) is 45.2 cm³/mol. The number of hydrogen-bond donors (Lipinski definition) is 1. The molecule has 12 heavy (non-hydrogen) atoms. The summed E-state index contributed by atoms with van der Waals surface area (Å²) in [6, 6.07) is 1.69. The fourth-order valence-corrected chi connectivity index (χ4v) is 0.891. The molecule has 0 aliphatic heterocycles. The first-order valence-electron chi connectivity index (χ1n) is 3.44. The van der Waals surface area contributed by atoms with E-state index in [-0.39, 0.29) is 5.82 Å². The number of aromatic nitrogens is 1. The van der Waals surface area contributed by atoms with Crippen LogP contribution in [0.25, 0.3) is 0 Å². The number of hydrogen-bond acceptors (Lipinski definition) is 4. The topological polar surface area (TPSA) is 68.1 Å². The molecule has 0 bridgehead atoms. The van der Waals surface area contributed by atoms with Crippen molar-refractivity contribution in [3.63, 3.8) is 0 Å². The average molecular weight is 167 g/mol. The number of nitrogens with zero attached hydrogens (tertiary/aromatic N) is 2. The number of pyridine rings is 1. The Morgan fingerprint density at radius 3 is 2.83 bits per heavy atom. The maximum absolute atomic E-state index is 10.4. The van der Waals surface area contributed by atoms with Crippen LogP contribution in [0.4, 0.5) is 11.5 Å². The maximum Gasteiger partial charge on any atom is 0.386 e. The van der Waals surface area contributed by atoms with Gasteiger partial charge in [0.1, 0.15) is 11.9 Å². The van der Waals surface area contributed by atoms with Crippen LogP contribution in [0, 0.1) is 17.0 Å². The van der Waals surface area contributed by atoms with Gasteiger partial charge in [-0.15, -0.1) is 0 Å². The van der Waals surface area contributed by atoms with E-state index in [2.05, 4.69) is 10.3 Å². The zero-order valence-electron chi connectivity index (χ0n) is 6.87. The van der Waals surface area contributed by atoms with E-state index in [1.165, 1.54) is 6.20 Å². The fourth-order valence-electron chi connectivity index (χ4n) is 0.891. The lowest BCUT2D eigenvalue weighted by atomic mass is 10.3. The zero-order chi connectivity index (χ0) is 9.14. The van der Waals surface area contributed by atoms with E-state index in [1.54, 1.807) is 13.1 Å². The molecular weight excluding hydrogens is 158 g/mol. The lowest BCUT2D eigenvalue weighted by Crippen LogP contribution is -1.99. The molecule has 0 spiro atoms. The van der Waals surface area contributed by atoms with E-state index >= 15 is 0 Å². The summed E-state index contributed by atoms with van der Waals surface area (Å²) in [5.74, 6) is -0.136. The van der Waals surface area contributed by atoms with Crippen molar-refractivity contribution >= 4 is 11.5 Å². The number of nitro groups is 1. The first kappa shape index (κ1) is 8.45. The third-order valence-corrected chi connectivity index (χ3v) is 1.45. The van der Waals surface area contributed by atoms with Crippen molar-refractivity contribution in [2.75, 3.05) is 12.4 Å². The van der Waals surface area contributed by atoms with Gasteiger partial charge in [0.25, 0.3) is 0 Å². The smallest absolute Gasteiger partial charge is 0.381 e. The highest BCUT2D eigenvalue weighted by atomic mass is 16.6. The fraction of sp³-hybridized carbons (Fsp3) is 0.286. The average Bonchev–Trinajstić information content (AvgIpc) is 2.03. The standard InChI is InChI=1S/C7H9N3O2/c1-5-3-6(8-2)7(9-4-5)10(11)12/h3-4,8H,1-2H3. The summed E-state index contributed by atoms with van der Waals surface area (Å²) in [5.41, 5.74) is 1.34. The molecular formula is C7H9N3O2. The third-order valence-electron chi connectivity index (χ3n) is 1.45. The molecule has 0 saturated carbocycles. The minimum atomic E-state index is -0.509. The van der Waals surface area contributed by atoms with Gasteiger partial charge in [0.05, 0.1) is 0 Å². The Balaban J connectivity index is 3.20. The van der Waals surface area contributed by atoms with Crippen molar-refractivity contribution < 1.29 is 4.92 Å². The summed E-state index contributed by atoms with van der Waals surface area (Å²) in [7, 11) is 1.63. The molecule has 64 valence electrons. The minimum absolute atomic E-state index is 0.136. The van der Waals surface area contributed by atoms with Crippen molar-refractivity contribution in [1.82, 2.24) is 4.98 Å². The highest BCUT2D eigenvalue weighted by Crippen LogP contribution is 2.20. The van der Waals surface area contributed by atoms with Crippen LogP contribution in [0.3, 0.4) is 0 Å². The molecule has 0 saturated heterocycles. The van der Waals surface area contributed by atoms with E-state index in [4.69, 9.17) is 0 Å². The lowest BCUT2D eigenvalue weighted by molar-refractivity contribution is -0.388. The van der Waals surface area contributed by atoms with Crippen LogP contribution in [0.2, 0.25) is 0 Å². The Morgan fingerprint density at radius 1 is 1.67 bits per heavy atom. The quantitative estimate of drug-likeness (QED) is 0.533. The van der Waals surface area contributed by atoms with Crippen LogP contribution in [0.1, 0.15) is 5.56 Å². The van der Waals surface area contributed by atoms with E-state index in [9.17, 15) is 10.1 Å². The molecule has 0 fully saturated rings. The number of nitrogens with one attached hydrogen (secondary N) is 1. The van der Waals surface area contributed by atoms with Crippen LogP contribution < -0.4 is 5.32 Å². The molecule has 0 atom stereocenters. The summed E-state index contributed by atoms with van der Waals surface area (Å²) in [6.45, 7) is 1.83. The monoisotopic (exact) mass is 167 g/mol. The van der Waals surface area contributed by atoms with Crippen LogP contribution in [0.15, 0.2) is 12.3 Å². The van der Waals surface area contributed by atoms with Crippen LogP contribution >= 0.6 is 0 Å². The maximum atomic E-state index is 10.4. The van der Waals surface area contributed by atoms with Crippen LogP contribution in [-0.2, 0) is 0 Å². The van der Waals surface area contributed by atoms with Crippen LogP contribution in [-0.4, -0.2) is 17.0 Å². The Hall–Kier alpha value is -1.65. The van der Waals surface area contributed by atoms with Crippen molar-refractivity contribution in [3.8, 4) is 0 Å². The summed E-state index contributed by atoms with van der Waals surface area (Å²) < 4.78 is 0. The van der Waals surface area contributed by atoms with Gasteiger partial charge in [0.2, 0.25) is 0 Å². The van der Waals surface area contributed by atoms with Crippen molar-refractivity contribution in [2.45, 2.75) is 6.92 Å². The Labute approximate surface area is 69.6 Å². The minimum Gasteiger partial charge on any atom is -0.381 e. The lowest BCUT2D eigenvalue weighted by Gasteiger charge is -2.00. The van der Waals surface area contributed by atoms with Gasteiger partial charge in [0, 0.05) is 7.05 Å². The Morgan fingerprint density at radius 2 is 2.33 bits per heavy atom. The molecule has 0 aliphatic carbocycles. The predicted octanol–water partition coefficient (Wildman–Crippen LogP) is 1.34. The molecule has 5 heteroatoms. The van der Waals surface area contributed by atoms with Gasteiger partial charge in [-0.25, -0.2) is 0 Å². The van der Waals surface area contributed by atoms with Gasteiger partial charge < -0.3 is 15.4 Å². The van der Waals surface area contributed by atoms with Gasteiger partial charge in [-0.2, -0.15) is 0 Å². The molecule has 0 amide bonds. The van der Waals surface area contributed by atoms with Crippen molar-refractivity contribution in [1.29, 1.82) is 0 Å². The molecule has 0 aliphatic rings. The second-order valence-electron chi connectivity index (χ2n) is 2.39. The van der Waals surface area contributed by atoms with E-state index in [1.807, 2.05) is 6.92 Å². The number of anilines is 1. The molecule has 1 aromatic rings. The van der Waals surface area contributed by atoms with Gasteiger partial charge in [-0.05, 0) is 28.5 Å². The highest BCUT2D eigenvalue weighted by Gasteiger charge is 2.13. The van der Waals surface area contributed by atoms with Gasteiger partial charge in [0.15, 0.2) is 0 Å². The normalized spacial score (nSPS) is 9.50. The van der Waals surface area contributed by atoms with Gasteiger partial charge >= 0.3 is 5.82 Å². The van der Waals surface area contributed by atoms with E-state index in [0.29, 0.717) is 5.69 Å². The Bertz CT molecular complexity index is 312. The molecule has 0 aromatic carbocycles. The first-order valence-corrected chi connectivity index (χ1v) is 3.44. The third kappa shape index (κ3) is 1.50. The largest absolute Gasteiger partial charge is 0.386 e.